The van der Waals surface area contributed by atoms with Crippen LogP contribution in [0.1, 0.15) is 13.3 Å². The van der Waals surface area contributed by atoms with Gasteiger partial charge in [0.2, 0.25) is 0 Å². The number of thiocarbonyl (C=S) groups is 1. The normalized spacial score (nSPS) is 27.5. The maximum Gasteiger partial charge on any atom is 0.415 e. The van der Waals surface area contributed by atoms with Crippen LogP contribution in [0.15, 0.2) is 12.1 Å². The van der Waals surface area contributed by atoms with Gasteiger partial charge in [0.05, 0.1) is 29.9 Å². The van der Waals surface area contributed by atoms with E-state index in [1.54, 1.807) is 11.8 Å². The summed E-state index contributed by atoms with van der Waals surface area (Å²) in [4.78, 5) is 20.8. The van der Waals surface area contributed by atoms with Crippen molar-refractivity contribution >= 4 is 34.7 Å². The van der Waals surface area contributed by atoms with Gasteiger partial charge in [0.25, 0.3) is 0 Å². The van der Waals surface area contributed by atoms with E-state index >= 15 is 0 Å². The van der Waals surface area contributed by atoms with E-state index in [0.29, 0.717) is 37.7 Å². The average molecular weight is 398 g/mol. The third kappa shape index (κ3) is 3.44. The molecule has 3 aliphatic rings. The Labute approximate surface area is 160 Å². The number of ether oxygens (including phenoxy) is 1. The predicted molar refractivity (Wildman–Crippen MR) is 98.9 cm³/mol. The highest BCUT2D eigenvalue weighted by atomic mass is 32.1. The number of nitrogens with one attached hydrogen (secondary N) is 2. The van der Waals surface area contributed by atoms with Gasteiger partial charge >= 0.3 is 6.09 Å². The molecule has 2 atom stereocenters. The highest BCUT2D eigenvalue weighted by molar-refractivity contribution is 7.80. The van der Waals surface area contributed by atoms with Crippen molar-refractivity contribution in [3.05, 3.63) is 23.8 Å². The van der Waals surface area contributed by atoms with Crippen molar-refractivity contribution in [3.63, 3.8) is 0 Å². The Bertz CT molecular complexity index is 764. The molecule has 1 spiro atoms. The van der Waals surface area contributed by atoms with Gasteiger partial charge in [0, 0.05) is 38.2 Å². The number of halogens is 2. The molecule has 1 aromatic carbocycles. The minimum absolute atomic E-state index is 0.0671. The van der Waals surface area contributed by atoms with Crippen molar-refractivity contribution in [2.45, 2.75) is 25.0 Å². The Morgan fingerprint density at radius 3 is 2.81 bits per heavy atom. The lowest BCUT2D eigenvalue weighted by Gasteiger charge is -2.24. The Morgan fingerprint density at radius 2 is 2.11 bits per heavy atom. The van der Waals surface area contributed by atoms with Crippen molar-refractivity contribution in [3.8, 4) is 0 Å². The van der Waals surface area contributed by atoms with Crippen LogP contribution in [-0.2, 0) is 9.57 Å². The maximum absolute atomic E-state index is 14.7. The molecule has 1 amide bonds. The molecule has 1 aromatic rings. The molecule has 7 nitrogen and oxygen atoms in total. The first-order valence-electron chi connectivity index (χ1n) is 8.76. The van der Waals surface area contributed by atoms with Crippen molar-refractivity contribution in [1.29, 1.82) is 0 Å². The molecule has 1 saturated carbocycles. The van der Waals surface area contributed by atoms with Crippen LogP contribution in [0.3, 0.4) is 0 Å². The molecule has 3 fully saturated rings. The molecule has 0 bridgehead atoms. The minimum Gasteiger partial charge on any atom is -0.438 e. The fourth-order valence-electron chi connectivity index (χ4n) is 3.62. The molecule has 27 heavy (non-hydrogen) atoms. The fraction of sp³-hybridized carbons (Fsp3) is 0.529. The Balaban J connectivity index is 1.55. The highest BCUT2D eigenvalue weighted by Crippen LogP contribution is 2.46. The lowest BCUT2D eigenvalue weighted by molar-refractivity contribution is 0.0589. The van der Waals surface area contributed by atoms with Gasteiger partial charge in [-0.3, -0.25) is 9.74 Å². The van der Waals surface area contributed by atoms with E-state index in [4.69, 9.17) is 21.8 Å². The number of hydroxylamine groups is 1. The third-order valence-corrected chi connectivity index (χ3v) is 5.14. The van der Waals surface area contributed by atoms with Gasteiger partial charge in [-0.2, -0.15) is 0 Å². The molecule has 146 valence electrons. The second-order valence-corrected chi connectivity index (χ2v) is 7.58. The van der Waals surface area contributed by atoms with Crippen LogP contribution in [0, 0.1) is 11.6 Å². The number of benzene rings is 1. The Kier molecular flexibility index (Phi) is 4.65. The SMILES string of the molecule is CC(=S)N[C@H]1C[C@]12CN(c1cc(F)c(N3CCNOCC3)c(F)c1)C(=O)O2. The number of carbonyl (C=O) groups is 1. The molecule has 2 N–H and O–H groups in total. The van der Waals surface area contributed by atoms with E-state index in [1.165, 1.54) is 17.0 Å². The molecule has 2 saturated heterocycles. The fourth-order valence-corrected chi connectivity index (χ4v) is 3.76. The Hall–Kier alpha value is -2.04. The summed E-state index contributed by atoms with van der Waals surface area (Å²) in [5.41, 5.74) is 2.05. The van der Waals surface area contributed by atoms with E-state index < -0.39 is 23.3 Å². The smallest absolute Gasteiger partial charge is 0.415 e. The van der Waals surface area contributed by atoms with E-state index in [0.717, 1.165) is 0 Å². The van der Waals surface area contributed by atoms with E-state index in [2.05, 4.69) is 10.8 Å². The summed E-state index contributed by atoms with van der Waals surface area (Å²) in [6.07, 6.45) is 0.00722. The monoisotopic (exact) mass is 398 g/mol. The maximum atomic E-state index is 14.7. The third-order valence-electron chi connectivity index (χ3n) is 5.02. The number of amides is 1. The lowest BCUT2D eigenvalue weighted by atomic mass is 10.2. The van der Waals surface area contributed by atoms with Crippen LogP contribution in [-0.4, -0.2) is 55.5 Å². The van der Waals surface area contributed by atoms with Gasteiger partial charge in [0.15, 0.2) is 17.2 Å². The van der Waals surface area contributed by atoms with Gasteiger partial charge in [-0.25, -0.2) is 19.1 Å². The minimum atomic E-state index is -0.721. The number of anilines is 2. The largest absolute Gasteiger partial charge is 0.438 e. The van der Waals surface area contributed by atoms with E-state index in [-0.39, 0.29) is 24.0 Å². The molecule has 0 radical (unpaired) electrons. The van der Waals surface area contributed by atoms with Crippen LogP contribution in [0.5, 0.6) is 0 Å². The zero-order valence-corrected chi connectivity index (χ0v) is 15.6. The summed E-state index contributed by atoms with van der Waals surface area (Å²) in [6, 6.07) is 2.28. The van der Waals surface area contributed by atoms with Crippen molar-refractivity contribution in [1.82, 2.24) is 10.8 Å². The molecule has 2 heterocycles. The number of nitrogens with zero attached hydrogens (tertiary/aromatic N) is 2. The molecule has 10 heteroatoms. The highest BCUT2D eigenvalue weighted by Gasteiger charge is 2.64. The van der Waals surface area contributed by atoms with Crippen molar-refractivity contribution < 1.29 is 23.1 Å². The second kappa shape index (κ2) is 6.84. The zero-order valence-electron chi connectivity index (χ0n) is 14.8. The lowest BCUT2D eigenvalue weighted by Crippen LogP contribution is -2.33. The molecule has 0 unspecified atom stereocenters. The van der Waals surface area contributed by atoms with Crippen molar-refractivity contribution in [2.75, 3.05) is 42.6 Å². The topological polar surface area (TPSA) is 66.1 Å². The molecule has 2 aliphatic heterocycles. The summed E-state index contributed by atoms with van der Waals surface area (Å²) in [5, 5.41) is 3.08. The Morgan fingerprint density at radius 1 is 1.37 bits per heavy atom. The van der Waals surface area contributed by atoms with Gasteiger partial charge < -0.3 is 15.0 Å². The van der Waals surface area contributed by atoms with Crippen LogP contribution < -0.4 is 20.6 Å². The van der Waals surface area contributed by atoms with Crippen LogP contribution in [0.4, 0.5) is 25.0 Å². The molecular formula is C17H20F2N4O3S. The number of hydrogen-bond acceptors (Lipinski definition) is 6. The average Bonchev–Trinajstić information content (AvgIpc) is 3.21. The van der Waals surface area contributed by atoms with E-state index in [9.17, 15) is 13.6 Å². The summed E-state index contributed by atoms with van der Waals surface area (Å²) in [5.74, 6) is -1.44. The quantitative estimate of drug-likeness (QED) is 0.752. The van der Waals surface area contributed by atoms with Crippen LogP contribution >= 0.6 is 12.2 Å². The van der Waals surface area contributed by atoms with Gasteiger partial charge in [0.1, 0.15) is 5.69 Å². The van der Waals surface area contributed by atoms with Gasteiger partial charge in [-0.1, -0.05) is 12.2 Å². The number of hydrogen-bond donors (Lipinski definition) is 2. The predicted octanol–water partition coefficient (Wildman–Crippen LogP) is 1.71. The van der Waals surface area contributed by atoms with Gasteiger partial charge in [-0.15, -0.1) is 0 Å². The van der Waals surface area contributed by atoms with E-state index in [1.807, 2.05) is 0 Å². The molecular weight excluding hydrogens is 378 g/mol. The standard InChI is InChI=1S/C17H20F2N4O3S/c1-10(27)21-14-8-17(14)9-23(16(24)26-17)11-6-12(18)15(13(19)7-11)22-3-2-20-25-5-4-22/h6-7,14,20H,2-5,8-9H2,1H3,(H,21,27)/t14-,17-/m0/s1. The number of carbonyl (C=O) groups excluding carboxylic acids is 1. The molecule has 4 rings (SSSR count). The summed E-state index contributed by atoms with van der Waals surface area (Å²) in [7, 11) is 0. The number of rotatable bonds is 3. The van der Waals surface area contributed by atoms with Gasteiger partial charge in [-0.05, 0) is 6.92 Å². The second-order valence-electron chi connectivity index (χ2n) is 6.96. The first-order valence-corrected chi connectivity index (χ1v) is 9.17. The zero-order chi connectivity index (χ0) is 19.2. The van der Waals surface area contributed by atoms with Crippen LogP contribution in [0.2, 0.25) is 0 Å². The van der Waals surface area contributed by atoms with Crippen molar-refractivity contribution in [2.24, 2.45) is 0 Å². The van der Waals surface area contributed by atoms with Crippen LogP contribution in [0.25, 0.3) is 0 Å². The summed E-state index contributed by atoms with van der Waals surface area (Å²) in [6.45, 7) is 3.52. The first kappa shape index (κ1) is 18.3. The summed E-state index contributed by atoms with van der Waals surface area (Å²) < 4.78 is 34.9. The first-order chi connectivity index (χ1) is 12.9. The molecule has 1 aliphatic carbocycles. The summed E-state index contributed by atoms with van der Waals surface area (Å²) >= 11 is 5.02. The molecule has 0 aromatic heterocycles.